The minimum Gasteiger partial charge on any atom is -0.508 e. The molecule has 0 aliphatic carbocycles. The predicted octanol–water partition coefficient (Wildman–Crippen LogP) is 4.26. The van der Waals surface area contributed by atoms with Gasteiger partial charge in [-0.3, -0.25) is 35.3 Å². The first-order valence-electron chi connectivity index (χ1n) is 8.37. The first-order valence-corrected chi connectivity index (χ1v) is 8.37. The Labute approximate surface area is 173 Å². The normalized spacial score (nSPS) is 10.2. The quantitative estimate of drug-likeness (QED) is 0.344. The predicted molar refractivity (Wildman–Crippen MR) is 110 cm³/mol. The maximum absolute atomic E-state index is 10.4. The molecule has 0 spiro atoms. The summed E-state index contributed by atoms with van der Waals surface area (Å²) in [6, 6.07) is 17.6. The van der Waals surface area contributed by atoms with Gasteiger partial charge in [-0.1, -0.05) is 36.4 Å². The number of hydrogen-bond acceptors (Lipinski definition) is 9. The maximum atomic E-state index is 10.4. The molecule has 0 saturated heterocycles. The molecule has 12 nitrogen and oxygen atoms in total. The van der Waals surface area contributed by atoms with Crippen molar-refractivity contribution in [1.82, 2.24) is 0 Å². The fraction of sp³-hybridized carbons (Fsp3) is 0. The van der Waals surface area contributed by atoms with Crippen molar-refractivity contribution in [3.8, 4) is 11.5 Å². The van der Waals surface area contributed by atoms with E-state index in [0.29, 0.717) is 12.1 Å². The molecule has 3 aromatic rings. The second-order valence-electron chi connectivity index (χ2n) is 5.79. The van der Waals surface area contributed by atoms with Crippen molar-refractivity contribution < 1.29 is 25.0 Å². The number of nitro groups is 3. The van der Waals surface area contributed by atoms with Crippen molar-refractivity contribution in [2.45, 2.75) is 0 Å². The minimum atomic E-state index is -1.21. The molecule has 12 heteroatoms. The number of phenols is 2. The van der Waals surface area contributed by atoms with Crippen LogP contribution in [-0.4, -0.2) is 31.2 Å². The van der Waals surface area contributed by atoms with E-state index in [0.717, 1.165) is 11.3 Å². The van der Waals surface area contributed by atoms with E-state index in [4.69, 9.17) is 5.11 Å². The standard InChI is InChI=1S/C13H11NO.C6H3N3O7/c15-13-8-4-7-12(9-13)14-10-11-5-2-1-3-6-11;10-6-4(8(13)14)1-3(7(11)12)2-5(6)9(15)16/h1-10,15H;1-2,10H. The van der Waals surface area contributed by atoms with Crippen LogP contribution in [0.1, 0.15) is 5.56 Å². The molecule has 0 aliphatic heterocycles. The van der Waals surface area contributed by atoms with Gasteiger partial charge in [-0.15, -0.1) is 0 Å². The molecule has 0 atom stereocenters. The lowest BCUT2D eigenvalue weighted by Crippen LogP contribution is -1.97. The van der Waals surface area contributed by atoms with Gasteiger partial charge >= 0.3 is 11.4 Å². The van der Waals surface area contributed by atoms with Crippen molar-refractivity contribution >= 4 is 29.0 Å². The minimum absolute atomic E-state index is 0.234. The van der Waals surface area contributed by atoms with Gasteiger partial charge in [0.25, 0.3) is 11.4 Å². The first-order chi connectivity index (χ1) is 14.7. The molecule has 0 aliphatic rings. The van der Waals surface area contributed by atoms with Crippen molar-refractivity contribution in [2.24, 2.45) is 4.99 Å². The molecular formula is C19H14N4O8. The highest BCUT2D eigenvalue weighted by molar-refractivity contribution is 5.81. The molecule has 0 fully saturated rings. The van der Waals surface area contributed by atoms with Crippen LogP contribution in [0.15, 0.2) is 71.7 Å². The van der Waals surface area contributed by atoms with Crippen LogP contribution < -0.4 is 0 Å². The van der Waals surface area contributed by atoms with E-state index < -0.39 is 37.6 Å². The van der Waals surface area contributed by atoms with E-state index in [1.807, 2.05) is 36.4 Å². The van der Waals surface area contributed by atoms with Crippen LogP contribution in [0.5, 0.6) is 11.5 Å². The van der Waals surface area contributed by atoms with Crippen molar-refractivity contribution in [3.63, 3.8) is 0 Å². The zero-order valence-corrected chi connectivity index (χ0v) is 15.6. The van der Waals surface area contributed by atoms with Gasteiger partial charge in [0.05, 0.1) is 32.6 Å². The van der Waals surface area contributed by atoms with E-state index in [9.17, 15) is 35.4 Å². The molecule has 158 valence electrons. The number of hydrogen-bond donors (Lipinski definition) is 2. The number of rotatable bonds is 5. The van der Waals surface area contributed by atoms with Crippen molar-refractivity contribution in [2.75, 3.05) is 0 Å². The third-order valence-corrected chi connectivity index (χ3v) is 3.65. The highest BCUT2D eigenvalue weighted by Crippen LogP contribution is 2.38. The smallest absolute Gasteiger partial charge is 0.324 e. The average molecular weight is 426 g/mol. The van der Waals surface area contributed by atoms with Gasteiger partial charge in [-0.05, 0) is 17.7 Å². The van der Waals surface area contributed by atoms with Crippen LogP contribution in [0, 0.1) is 30.3 Å². The summed E-state index contributed by atoms with van der Waals surface area (Å²) in [6.07, 6.45) is 1.77. The fourth-order valence-electron chi connectivity index (χ4n) is 2.24. The van der Waals surface area contributed by atoms with Crippen molar-refractivity contribution in [1.29, 1.82) is 0 Å². The van der Waals surface area contributed by atoms with Gasteiger partial charge in [0.15, 0.2) is 0 Å². The summed E-state index contributed by atoms with van der Waals surface area (Å²) in [4.78, 5) is 32.0. The van der Waals surface area contributed by atoms with Crippen LogP contribution in [-0.2, 0) is 0 Å². The molecule has 3 aromatic carbocycles. The molecule has 0 amide bonds. The molecule has 0 saturated carbocycles. The van der Waals surface area contributed by atoms with Gasteiger partial charge in [0, 0.05) is 12.3 Å². The highest BCUT2D eigenvalue weighted by atomic mass is 16.6. The largest absolute Gasteiger partial charge is 0.508 e. The Morgan fingerprint density at radius 1 is 0.742 bits per heavy atom. The summed E-state index contributed by atoms with van der Waals surface area (Å²) in [5.41, 5.74) is -1.21. The van der Waals surface area contributed by atoms with Crippen LogP contribution in [0.25, 0.3) is 0 Å². The zero-order chi connectivity index (χ0) is 23.0. The highest BCUT2D eigenvalue weighted by Gasteiger charge is 2.30. The number of aromatic hydroxyl groups is 2. The van der Waals surface area contributed by atoms with E-state index >= 15 is 0 Å². The topological polar surface area (TPSA) is 182 Å². The van der Waals surface area contributed by atoms with Gasteiger partial charge in [0.2, 0.25) is 0 Å². The van der Waals surface area contributed by atoms with Crippen molar-refractivity contribution in [3.05, 3.63) is 103 Å². The molecule has 0 heterocycles. The van der Waals surface area contributed by atoms with Crippen LogP contribution in [0.3, 0.4) is 0 Å². The Balaban J connectivity index is 0.000000220. The monoisotopic (exact) mass is 426 g/mol. The van der Waals surface area contributed by atoms with Crippen LogP contribution in [0.2, 0.25) is 0 Å². The van der Waals surface area contributed by atoms with Gasteiger partial charge in [-0.25, -0.2) is 0 Å². The Kier molecular flexibility index (Phi) is 7.28. The SMILES string of the molecule is O=[N+]([O-])c1cc([N+](=O)[O-])c(O)c([N+](=O)[O-])c1.Oc1cccc(N=Cc2ccccc2)c1. The summed E-state index contributed by atoms with van der Waals surface area (Å²) in [5.74, 6) is -0.974. The van der Waals surface area contributed by atoms with Gasteiger partial charge < -0.3 is 10.2 Å². The Bertz CT molecular complexity index is 1110. The zero-order valence-electron chi connectivity index (χ0n) is 15.6. The van der Waals surface area contributed by atoms with Crippen LogP contribution in [0.4, 0.5) is 22.7 Å². The summed E-state index contributed by atoms with van der Waals surface area (Å²) in [6.45, 7) is 0. The maximum Gasteiger partial charge on any atom is 0.324 e. The molecule has 0 radical (unpaired) electrons. The number of nitro benzene ring substituents is 3. The number of aliphatic imine (C=N–C) groups is 1. The van der Waals surface area contributed by atoms with Gasteiger partial charge in [0.1, 0.15) is 5.75 Å². The summed E-state index contributed by atoms with van der Waals surface area (Å²) in [7, 11) is 0. The second-order valence-corrected chi connectivity index (χ2v) is 5.79. The second kappa shape index (κ2) is 10.1. The molecule has 0 unspecified atom stereocenters. The van der Waals surface area contributed by atoms with E-state index in [2.05, 4.69) is 4.99 Å². The molecule has 0 aromatic heterocycles. The number of benzene rings is 3. The average Bonchev–Trinajstić information content (AvgIpc) is 2.73. The van der Waals surface area contributed by atoms with Crippen LogP contribution >= 0.6 is 0 Å². The fourth-order valence-corrected chi connectivity index (χ4v) is 2.24. The number of nitrogens with zero attached hydrogens (tertiary/aromatic N) is 4. The summed E-state index contributed by atoms with van der Waals surface area (Å²) < 4.78 is 0. The third kappa shape index (κ3) is 6.32. The molecule has 31 heavy (non-hydrogen) atoms. The number of phenolic OH excluding ortho intramolecular Hbond substituents is 2. The third-order valence-electron chi connectivity index (χ3n) is 3.65. The molecule has 2 N–H and O–H groups in total. The molecule has 0 bridgehead atoms. The van der Waals surface area contributed by atoms with E-state index in [-0.39, 0.29) is 5.75 Å². The van der Waals surface area contributed by atoms with E-state index in [1.165, 1.54) is 0 Å². The molecular weight excluding hydrogens is 412 g/mol. The Morgan fingerprint density at radius 3 is 1.81 bits per heavy atom. The summed E-state index contributed by atoms with van der Waals surface area (Å²) >= 11 is 0. The lowest BCUT2D eigenvalue weighted by atomic mass is 10.2. The van der Waals surface area contributed by atoms with Gasteiger partial charge in [-0.2, -0.15) is 0 Å². The molecule has 3 rings (SSSR count). The first kappa shape index (κ1) is 22.4. The summed E-state index contributed by atoms with van der Waals surface area (Å²) in [5, 5.41) is 49.5. The lowest BCUT2D eigenvalue weighted by molar-refractivity contribution is -0.404. The Morgan fingerprint density at radius 2 is 1.32 bits per heavy atom. The lowest BCUT2D eigenvalue weighted by Gasteiger charge is -1.97. The number of non-ortho nitro benzene ring substituents is 1. The van der Waals surface area contributed by atoms with E-state index in [1.54, 1.807) is 24.4 Å². The Hall–Kier alpha value is -4.87.